The van der Waals surface area contributed by atoms with Crippen LogP contribution in [0.3, 0.4) is 0 Å². The summed E-state index contributed by atoms with van der Waals surface area (Å²) in [5.74, 6) is -0.795. The van der Waals surface area contributed by atoms with Crippen LogP contribution in [0.5, 0.6) is 0 Å². The zero-order chi connectivity index (χ0) is 74.7. The van der Waals surface area contributed by atoms with Crippen LogP contribution in [0.4, 0.5) is 119 Å². The van der Waals surface area contributed by atoms with E-state index in [1.54, 1.807) is 41.7 Å². The van der Waals surface area contributed by atoms with Gasteiger partial charge >= 0.3 is 61.0 Å². The normalized spacial score (nSPS) is 23.7. The second-order valence-corrected chi connectivity index (χ2v) is 22.1. The lowest BCUT2D eigenvalue weighted by Gasteiger charge is -2.21. The number of pyridine rings is 5. The number of aromatic nitrogens is 5. The first kappa shape index (κ1) is 78.8. The van der Waals surface area contributed by atoms with Crippen molar-refractivity contribution >= 4 is 59.2 Å². The molecule has 10 heterocycles. The minimum Gasteiger partial charge on any atom is -0.371 e. The molecule has 544 valence electrons. The van der Waals surface area contributed by atoms with Gasteiger partial charge in [0.1, 0.15) is 35.1 Å². The molecular weight excluding hydrogens is 1370 g/mol. The second-order valence-electron chi connectivity index (χ2n) is 22.1. The number of hydroxylamine groups is 4. The summed E-state index contributed by atoms with van der Waals surface area (Å²) in [5.41, 5.74) is -4.47. The van der Waals surface area contributed by atoms with E-state index in [4.69, 9.17) is 14.4 Å². The number of aliphatic hydroxyl groups excluding tert-OH is 3. The molecule has 0 spiro atoms. The van der Waals surface area contributed by atoms with Gasteiger partial charge < -0.3 is 29.9 Å². The standard InChI is InChI=1S/C12H14F3N3O3.C12H14F3N3O2.C12H14F3N3O.C11H12F3N3O3.C11H12F3N3O2/c1-3-21-10-9(19)18(11(20)17(10)2)8-6-7(4-5-16-8)12(13,14)15;1-7-8(2)18(20-3)11(19)17(7)10-6-9(4-5-16-10)12(13,14)15;1-7-8(2)18(11(19)17(7)3)10-6-9(4-5-16-10)12(13,14)15;1-6-9(18)16(10(19)17(6)20-2)8-5-7(3-4-15-8)11(12,13)14;1-6-9(18)17(10(19)16(6)2)8-5-7(3-4-15-8)11(12,13)14/h4-6,9-10,19H,3H2,1-2H3;4-8H,1-3H3;4-8H,1-3H3;3-6,9,18H,1-2H3;3-6,9,18H,1-2H3/t9?,10-;7?,8-;7-,8?;2*6-,9?/m11100/s1. The monoisotopic (exact) mass is 1430 g/mol. The molecule has 5 aromatic rings. The molecule has 10 atom stereocenters. The van der Waals surface area contributed by atoms with Crippen molar-refractivity contribution in [1.29, 1.82) is 0 Å². The molecule has 5 saturated heterocycles. The number of alkyl halides is 15. The van der Waals surface area contributed by atoms with Crippen molar-refractivity contribution in [2.45, 2.75) is 141 Å². The van der Waals surface area contributed by atoms with Gasteiger partial charge in [0.15, 0.2) is 24.9 Å². The molecule has 10 rings (SSSR count). The molecule has 10 amide bonds. The van der Waals surface area contributed by atoms with Gasteiger partial charge in [0.05, 0.1) is 72.2 Å². The van der Waals surface area contributed by atoms with Crippen LogP contribution in [-0.2, 0) is 45.3 Å². The molecule has 26 nitrogen and oxygen atoms in total. The van der Waals surface area contributed by atoms with Crippen molar-refractivity contribution < 1.29 is 120 Å². The minimum atomic E-state index is -4.56. The Balaban J connectivity index is 0.000000195. The molecule has 0 saturated carbocycles. The number of likely N-dealkylation sites (N-methyl/N-ethyl adjacent to an activating group) is 3. The van der Waals surface area contributed by atoms with E-state index in [1.165, 1.54) is 54.8 Å². The molecule has 0 bridgehead atoms. The first-order valence-electron chi connectivity index (χ1n) is 29.1. The highest BCUT2D eigenvalue weighted by Crippen LogP contribution is 2.39. The fourth-order valence-electron chi connectivity index (χ4n) is 10.1. The molecule has 0 aromatic carbocycles. The van der Waals surface area contributed by atoms with E-state index in [9.17, 15) is 105 Å². The maximum Gasteiger partial charge on any atom is 0.416 e. The summed E-state index contributed by atoms with van der Waals surface area (Å²) in [6, 6.07) is 2.94. The predicted octanol–water partition coefficient (Wildman–Crippen LogP) is 10.4. The summed E-state index contributed by atoms with van der Waals surface area (Å²) in [7, 11) is 7.04. The van der Waals surface area contributed by atoms with E-state index in [0.717, 1.165) is 109 Å². The predicted molar refractivity (Wildman–Crippen MR) is 317 cm³/mol. The van der Waals surface area contributed by atoms with Crippen LogP contribution in [0.25, 0.3) is 0 Å². The number of aliphatic hydroxyl groups is 3. The van der Waals surface area contributed by atoms with Crippen molar-refractivity contribution in [2.24, 2.45) is 0 Å². The Morgan fingerprint density at radius 1 is 0.364 bits per heavy atom. The highest BCUT2D eigenvalue weighted by atomic mass is 19.4. The SMILES string of the molecule is CC1[C@@H](C)N(C)C(=O)N1c1cc(C(F)(F)F)ccn1.CCO[C@@H]1C(O)N(c2cc(C(F)(F)F)ccn2)C(=O)N1C.CON1C(=O)N(c2cc(C(F)(F)F)ccn2)C(C)[C@H]1C.CON1C(=O)N(c2cc(C(F)(F)F)ccn2)C(O)[C@@H]1C.C[C@H]1C(O)N(c2cc(C(F)(F)F)ccn2)C(=O)N1C. The van der Waals surface area contributed by atoms with E-state index in [-0.39, 0.29) is 65.9 Å². The molecular formula is C58H66F15N15O11. The Morgan fingerprint density at radius 3 is 0.889 bits per heavy atom. The lowest BCUT2D eigenvalue weighted by atomic mass is 10.1. The average molecular weight is 1430 g/mol. The first-order chi connectivity index (χ1) is 45.8. The van der Waals surface area contributed by atoms with Crippen molar-refractivity contribution in [1.82, 2.24) is 49.7 Å². The van der Waals surface area contributed by atoms with Crippen molar-refractivity contribution in [3.05, 3.63) is 119 Å². The van der Waals surface area contributed by atoms with Gasteiger partial charge in [-0.3, -0.25) is 24.4 Å². The summed E-state index contributed by atoms with van der Waals surface area (Å²) >= 11 is 0. The Morgan fingerprint density at radius 2 is 0.616 bits per heavy atom. The second kappa shape index (κ2) is 30.5. The number of rotatable bonds is 9. The number of halogens is 15. The van der Waals surface area contributed by atoms with Crippen LogP contribution >= 0.6 is 0 Å². The summed E-state index contributed by atoms with van der Waals surface area (Å²) < 4.78 is 195. The topological polar surface area (TPSA) is 271 Å². The highest BCUT2D eigenvalue weighted by Gasteiger charge is 2.49. The molecule has 41 heteroatoms. The van der Waals surface area contributed by atoms with Gasteiger partial charge in [0.2, 0.25) is 0 Å². The molecule has 5 unspecified atom stereocenters. The number of ether oxygens (including phenoxy) is 1. The van der Waals surface area contributed by atoms with E-state index in [0.29, 0.717) is 12.1 Å². The molecule has 0 aliphatic carbocycles. The Hall–Kier alpha value is -9.19. The van der Waals surface area contributed by atoms with Crippen LogP contribution < -0.4 is 24.5 Å². The van der Waals surface area contributed by atoms with Gasteiger partial charge in [-0.1, -0.05) is 0 Å². The molecule has 5 fully saturated rings. The minimum absolute atomic E-state index is 0.0310. The number of hydrogen-bond acceptors (Lipinski definition) is 16. The Labute approximate surface area is 553 Å². The molecule has 5 aliphatic heterocycles. The number of carbonyl (C=O) groups excluding carboxylic acids is 5. The van der Waals surface area contributed by atoms with Crippen LogP contribution in [-0.4, -0.2) is 198 Å². The van der Waals surface area contributed by atoms with Crippen molar-refractivity contribution in [3.63, 3.8) is 0 Å². The quantitative estimate of drug-likeness (QED) is 0.116. The molecule has 3 N–H and O–H groups in total. The van der Waals surface area contributed by atoms with E-state index in [2.05, 4.69) is 24.9 Å². The van der Waals surface area contributed by atoms with Crippen molar-refractivity contribution in [3.8, 4) is 0 Å². The number of hydrogen-bond donors (Lipinski definition) is 3. The third-order valence-corrected chi connectivity index (χ3v) is 16.1. The van der Waals surface area contributed by atoms with Gasteiger partial charge in [-0.05, 0) is 109 Å². The number of amides is 10. The lowest BCUT2D eigenvalue weighted by Crippen LogP contribution is -2.38. The Kier molecular flexibility index (Phi) is 24.3. The third-order valence-electron chi connectivity index (χ3n) is 16.1. The number of carbonyl (C=O) groups is 5. The van der Waals surface area contributed by atoms with E-state index < -0.39 is 120 Å². The molecule has 5 aromatic heterocycles. The maximum atomic E-state index is 12.7. The van der Waals surface area contributed by atoms with Crippen LogP contribution in [0, 0.1) is 0 Å². The molecule has 0 radical (unpaired) electrons. The smallest absolute Gasteiger partial charge is 0.371 e. The van der Waals surface area contributed by atoms with Crippen LogP contribution in [0.15, 0.2) is 91.6 Å². The third kappa shape index (κ3) is 17.1. The summed E-state index contributed by atoms with van der Waals surface area (Å²) in [5, 5.41) is 31.9. The number of anilines is 5. The number of nitrogens with zero attached hydrogens (tertiary/aromatic N) is 15. The van der Waals surface area contributed by atoms with Crippen molar-refractivity contribution in [2.75, 3.05) is 66.5 Å². The summed E-state index contributed by atoms with van der Waals surface area (Å²) in [4.78, 5) is 97.4. The van der Waals surface area contributed by atoms with Gasteiger partial charge in [0, 0.05) is 58.7 Å². The zero-order valence-corrected chi connectivity index (χ0v) is 54.1. The van der Waals surface area contributed by atoms with E-state index in [1.807, 2.05) is 6.92 Å². The summed E-state index contributed by atoms with van der Waals surface area (Å²) in [6.45, 7) is 12.1. The molecule has 99 heavy (non-hydrogen) atoms. The molecule has 5 aliphatic rings. The van der Waals surface area contributed by atoms with Crippen LogP contribution in [0.1, 0.15) is 76.3 Å². The zero-order valence-electron chi connectivity index (χ0n) is 54.1. The fraction of sp³-hybridized carbons (Fsp3) is 0.483. The highest BCUT2D eigenvalue weighted by molar-refractivity contribution is 5.96. The summed E-state index contributed by atoms with van der Waals surface area (Å²) in [6.07, 6.45) is -22.6. The largest absolute Gasteiger partial charge is 0.416 e. The van der Waals surface area contributed by atoms with Gasteiger partial charge in [-0.15, -0.1) is 0 Å². The van der Waals surface area contributed by atoms with E-state index >= 15 is 0 Å². The average Bonchev–Trinajstić information content (AvgIpc) is 1.68. The fourth-order valence-corrected chi connectivity index (χ4v) is 10.1. The number of urea groups is 5. The van der Waals surface area contributed by atoms with Gasteiger partial charge in [-0.25, -0.2) is 63.6 Å². The first-order valence-corrected chi connectivity index (χ1v) is 29.1. The van der Waals surface area contributed by atoms with Gasteiger partial charge in [0.25, 0.3) is 0 Å². The van der Waals surface area contributed by atoms with Crippen LogP contribution in [0.2, 0.25) is 0 Å². The van der Waals surface area contributed by atoms with Gasteiger partial charge in [-0.2, -0.15) is 76.0 Å². The maximum absolute atomic E-state index is 12.7. The Bertz CT molecular complexity index is 3490. The lowest BCUT2D eigenvalue weighted by molar-refractivity contribution is -0.138.